The van der Waals surface area contributed by atoms with Gasteiger partial charge in [0.15, 0.2) is 0 Å². The molecule has 0 bridgehead atoms. The normalized spacial score (nSPS) is 18.9. The Labute approximate surface area is 280 Å². The van der Waals surface area contributed by atoms with Gasteiger partial charge in [0, 0.05) is 50.2 Å². The first-order valence-corrected chi connectivity index (χ1v) is 16.6. The van der Waals surface area contributed by atoms with E-state index in [1.165, 1.54) is 14.0 Å². The standard InChI is InChI=1S/C33H61N7O7/c1-15(28(42)34-14)22(8)36-30(44)17(3)24(10)38-32(46)19(5)26(12)40-33(47)20(6)25(11)39-31(45)18(4)23(9)37-29(43)16(2)21(7)35-27(13)41/h15-26H,1-14H3,(H,34,42)(H,35,41)(H,36,44)(H,37,43)(H,38,46)(H,39,45)(H,40,47)/t15-,16-,17-,18-,19-,20-,21-,22-,23-,24-,25-,26-/m0/s1. The van der Waals surface area contributed by atoms with E-state index in [1.54, 1.807) is 83.1 Å². The zero-order valence-electron chi connectivity index (χ0n) is 30.8. The van der Waals surface area contributed by atoms with Crippen molar-refractivity contribution in [2.75, 3.05) is 7.05 Å². The second-order valence-electron chi connectivity index (χ2n) is 13.3. The van der Waals surface area contributed by atoms with E-state index in [-0.39, 0.29) is 47.4 Å². The summed E-state index contributed by atoms with van der Waals surface area (Å²) in [5.74, 6) is -5.39. The predicted molar refractivity (Wildman–Crippen MR) is 180 cm³/mol. The van der Waals surface area contributed by atoms with Crippen LogP contribution in [0, 0.1) is 35.5 Å². The van der Waals surface area contributed by atoms with E-state index < -0.39 is 65.7 Å². The van der Waals surface area contributed by atoms with Crippen LogP contribution in [0.1, 0.15) is 90.0 Å². The molecule has 12 atom stereocenters. The summed E-state index contributed by atoms with van der Waals surface area (Å²) in [5.41, 5.74) is 0. The summed E-state index contributed by atoms with van der Waals surface area (Å²) < 4.78 is 0. The van der Waals surface area contributed by atoms with E-state index >= 15 is 0 Å². The Bertz CT molecular complexity index is 1120. The van der Waals surface area contributed by atoms with Crippen LogP contribution in [0.25, 0.3) is 0 Å². The molecule has 0 fully saturated rings. The Morgan fingerprint density at radius 2 is 0.489 bits per heavy atom. The Morgan fingerprint density at radius 1 is 0.319 bits per heavy atom. The molecule has 0 spiro atoms. The average Bonchev–Trinajstić information content (AvgIpc) is 3.00. The van der Waals surface area contributed by atoms with Crippen molar-refractivity contribution in [3.8, 4) is 0 Å². The number of rotatable bonds is 18. The third-order valence-corrected chi connectivity index (χ3v) is 9.51. The Morgan fingerprint density at radius 3 is 0.660 bits per heavy atom. The molecule has 0 rings (SSSR count). The molecule has 47 heavy (non-hydrogen) atoms. The summed E-state index contributed by atoms with van der Waals surface area (Å²) >= 11 is 0. The fourth-order valence-electron chi connectivity index (χ4n) is 4.44. The van der Waals surface area contributed by atoms with Crippen molar-refractivity contribution in [1.82, 2.24) is 37.2 Å². The summed E-state index contributed by atoms with van der Waals surface area (Å²) in [7, 11) is 1.53. The van der Waals surface area contributed by atoms with Crippen LogP contribution in [0.4, 0.5) is 0 Å². The fourth-order valence-corrected chi connectivity index (χ4v) is 4.44. The van der Waals surface area contributed by atoms with Crippen molar-refractivity contribution in [3.05, 3.63) is 0 Å². The lowest BCUT2D eigenvalue weighted by atomic mass is 9.96. The van der Waals surface area contributed by atoms with Gasteiger partial charge in [0.25, 0.3) is 0 Å². The molecule has 0 aromatic carbocycles. The van der Waals surface area contributed by atoms with Crippen LogP contribution in [0.3, 0.4) is 0 Å². The Kier molecular flexibility index (Phi) is 18.3. The van der Waals surface area contributed by atoms with Crippen LogP contribution < -0.4 is 37.2 Å². The number of hydrogen-bond acceptors (Lipinski definition) is 7. The van der Waals surface area contributed by atoms with Gasteiger partial charge in [0.1, 0.15) is 0 Å². The van der Waals surface area contributed by atoms with E-state index in [1.807, 2.05) is 0 Å². The maximum absolute atomic E-state index is 13.1. The summed E-state index contributed by atoms with van der Waals surface area (Å²) in [5, 5.41) is 19.5. The fraction of sp³-hybridized carbons (Fsp3) is 0.788. The van der Waals surface area contributed by atoms with Crippen LogP contribution in [0.15, 0.2) is 0 Å². The molecule has 0 unspecified atom stereocenters. The molecule has 14 nitrogen and oxygen atoms in total. The van der Waals surface area contributed by atoms with Crippen LogP contribution in [-0.2, 0) is 33.6 Å². The average molecular weight is 668 g/mol. The number of hydrogen-bond donors (Lipinski definition) is 7. The molecule has 0 aliphatic carbocycles. The third-order valence-electron chi connectivity index (χ3n) is 9.51. The van der Waals surface area contributed by atoms with Crippen molar-refractivity contribution in [2.45, 2.75) is 126 Å². The van der Waals surface area contributed by atoms with Crippen molar-refractivity contribution in [3.63, 3.8) is 0 Å². The highest BCUT2D eigenvalue weighted by Gasteiger charge is 2.32. The number of nitrogens with one attached hydrogen (secondary N) is 7. The minimum absolute atomic E-state index is 0.186. The van der Waals surface area contributed by atoms with Crippen molar-refractivity contribution < 1.29 is 33.6 Å². The largest absolute Gasteiger partial charge is 0.359 e. The quantitative estimate of drug-likeness (QED) is 0.111. The molecule has 0 radical (unpaired) electrons. The highest BCUT2D eigenvalue weighted by atomic mass is 16.2. The van der Waals surface area contributed by atoms with E-state index in [0.29, 0.717) is 0 Å². The summed E-state index contributed by atoms with van der Waals surface area (Å²) in [6.45, 7) is 21.8. The molecule has 14 heteroatoms. The summed E-state index contributed by atoms with van der Waals surface area (Å²) in [6.07, 6.45) is 0. The molecular formula is C33H61N7O7. The smallest absolute Gasteiger partial charge is 0.225 e. The first-order valence-electron chi connectivity index (χ1n) is 16.6. The minimum atomic E-state index is -0.630. The molecular weight excluding hydrogens is 606 g/mol. The summed E-state index contributed by atoms with van der Waals surface area (Å²) in [6, 6.07) is -2.88. The molecule has 7 N–H and O–H groups in total. The van der Waals surface area contributed by atoms with E-state index in [2.05, 4.69) is 37.2 Å². The number of carbonyl (C=O) groups excluding carboxylic acids is 7. The van der Waals surface area contributed by atoms with Gasteiger partial charge in [-0.05, 0) is 41.5 Å². The van der Waals surface area contributed by atoms with Gasteiger partial charge in [-0.15, -0.1) is 0 Å². The highest BCUT2D eigenvalue weighted by molar-refractivity contribution is 5.86. The van der Waals surface area contributed by atoms with E-state index in [4.69, 9.17) is 0 Å². The van der Waals surface area contributed by atoms with Crippen molar-refractivity contribution in [1.29, 1.82) is 0 Å². The van der Waals surface area contributed by atoms with Gasteiger partial charge in [-0.3, -0.25) is 33.6 Å². The molecule has 0 heterocycles. The molecule has 0 aromatic rings. The Hall–Kier alpha value is -3.71. The predicted octanol–water partition coefficient (Wildman–Crippen LogP) is 0.597. The van der Waals surface area contributed by atoms with Gasteiger partial charge < -0.3 is 37.2 Å². The third kappa shape index (κ3) is 13.9. The molecule has 0 aromatic heterocycles. The monoisotopic (exact) mass is 667 g/mol. The van der Waals surface area contributed by atoms with Gasteiger partial charge in [-0.1, -0.05) is 41.5 Å². The second kappa shape index (κ2) is 19.8. The van der Waals surface area contributed by atoms with Gasteiger partial charge in [-0.2, -0.15) is 0 Å². The maximum atomic E-state index is 13.1. The molecule has 0 aliphatic rings. The topological polar surface area (TPSA) is 204 Å². The Balaban J connectivity index is 5.00. The van der Waals surface area contributed by atoms with Gasteiger partial charge in [0.2, 0.25) is 41.4 Å². The first-order chi connectivity index (χ1) is 21.6. The molecule has 0 saturated heterocycles. The zero-order chi connectivity index (χ0) is 36.9. The van der Waals surface area contributed by atoms with Crippen LogP contribution >= 0.6 is 0 Å². The minimum Gasteiger partial charge on any atom is -0.359 e. The van der Waals surface area contributed by atoms with Crippen LogP contribution in [-0.4, -0.2) is 84.6 Å². The number of carbonyl (C=O) groups is 7. The van der Waals surface area contributed by atoms with Gasteiger partial charge in [0.05, 0.1) is 35.5 Å². The molecule has 0 saturated carbocycles. The number of amides is 7. The lowest BCUT2D eigenvalue weighted by molar-refractivity contribution is -0.131. The van der Waals surface area contributed by atoms with Crippen molar-refractivity contribution in [2.24, 2.45) is 35.5 Å². The van der Waals surface area contributed by atoms with Gasteiger partial charge >= 0.3 is 0 Å². The van der Waals surface area contributed by atoms with E-state index in [0.717, 1.165) is 0 Å². The lowest BCUT2D eigenvalue weighted by Crippen LogP contribution is -2.53. The summed E-state index contributed by atoms with van der Waals surface area (Å²) in [4.78, 5) is 87.6. The van der Waals surface area contributed by atoms with E-state index in [9.17, 15) is 33.6 Å². The molecule has 7 amide bonds. The maximum Gasteiger partial charge on any atom is 0.225 e. The van der Waals surface area contributed by atoms with Crippen LogP contribution in [0.5, 0.6) is 0 Å². The lowest BCUT2D eigenvalue weighted by Gasteiger charge is -2.29. The SMILES string of the molecule is CNC(=O)[C@@H](C)[C@H](C)NC(=O)[C@@H](C)[C@H](C)NC(=O)[C@@H](C)[C@H](C)NC(=O)[C@@H](C)[C@H](C)NC(=O)[C@@H](C)[C@H](C)NC(=O)[C@@H](C)[C@H](C)NC(C)=O. The molecule has 270 valence electrons. The highest BCUT2D eigenvalue weighted by Crippen LogP contribution is 2.13. The first kappa shape index (κ1) is 43.3. The zero-order valence-corrected chi connectivity index (χ0v) is 30.8. The van der Waals surface area contributed by atoms with Crippen LogP contribution in [0.2, 0.25) is 0 Å². The molecule has 0 aliphatic heterocycles. The van der Waals surface area contributed by atoms with Crippen molar-refractivity contribution >= 4 is 41.4 Å². The second-order valence-corrected chi connectivity index (χ2v) is 13.3. The van der Waals surface area contributed by atoms with Gasteiger partial charge in [-0.25, -0.2) is 0 Å².